The van der Waals surface area contributed by atoms with Gasteiger partial charge in [-0.3, -0.25) is 0 Å². The number of fused-ring (bicyclic) bond motifs is 7. The molecule has 4 nitrogen and oxygen atoms in total. The Balaban J connectivity index is 1.33. The number of hydrogen-bond acceptors (Lipinski definition) is 4. The van der Waals surface area contributed by atoms with Gasteiger partial charge < -0.3 is 19.7 Å². The fraction of sp³-hybridized carbons (Fsp3) is 1.00. The van der Waals surface area contributed by atoms with E-state index in [0.717, 1.165) is 38.7 Å². The second-order valence-corrected chi connectivity index (χ2v) is 13.6. The van der Waals surface area contributed by atoms with E-state index in [1.54, 1.807) is 0 Å². The molecule has 1 spiro atoms. The maximum absolute atomic E-state index is 12.1. The monoisotopic (exact) mass is 446 g/mol. The van der Waals surface area contributed by atoms with Crippen LogP contribution in [0.15, 0.2) is 0 Å². The van der Waals surface area contributed by atoms with E-state index < -0.39 is 5.79 Å². The highest BCUT2D eigenvalue weighted by Crippen LogP contribution is 2.72. The molecule has 0 radical (unpaired) electrons. The van der Waals surface area contributed by atoms with Gasteiger partial charge in [-0.25, -0.2) is 0 Å². The van der Waals surface area contributed by atoms with Gasteiger partial charge in [0, 0.05) is 23.7 Å². The van der Waals surface area contributed by atoms with Gasteiger partial charge in [0.15, 0.2) is 5.79 Å². The summed E-state index contributed by atoms with van der Waals surface area (Å²) in [6.07, 6.45) is 8.65. The molecule has 0 bridgehead atoms. The van der Waals surface area contributed by atoms with Gasteiger partial charge in [0.2, 0.25) is 0 Å². The lowest BCUT2D eigenvalue weighted by atomic mass is 9.41. The molecule has 4 aliphatic carbocycles. The first-order valence-electron chi connectivity index (χ1n) is 13.8. The van der Waals surface area contributed by atoms with E-state index in [1.807, 2.05) is 0 Å². The van der Waals surface area contributed by atoms with Crippen LogP contribution in [-0.4, -0.2) is 40.9 Å². The molecule has 0 amide bonds. The molecule has 0 aromatic carbocycles. The fourth-order valence-corrected chi connectivity index (χ4v) is 10.9. The van der Waals surface area contributed by atoms with E-state index in [2.05, 4.69) is 34.6 Å². The fourth-order valence-electron chi connectivity index (χ4n) is 10.9. The summed E-state index contributed by atoms with van der Waals surface area (Å²) in [4.78, 5) is 0. The Morgan fingerprint density at radius 2 is 1.66 bits per heavy atom. The first-order valence-corrected chi connectivity index (χ1v) is 13.8. The number of hydrogen-bond donors (Lipinski definition) is 2. The van der Waals surface area contributed by atoms with Crippen LogP contribution in [0.4, 0.5) is 0 Å². The molecule has 2 aliphatic heterocycles. The molecule has 32 heavy (non-hydrogen) atoms. The first kappa shape index (κ1) is 22.3. The van der Waals surface area contributed by atoms with E-state index in [0.29, 0.717) is 47.3 Å². The van der Waals surface area contributed by atoms with Gasteiger partial charge in [0.05, 0.1) is 24.9 Å². The molecule has 182 valence electrons. The van der Waals surface area contributed by atoms with Gasteiger partial charge in [0.1, 0.15) is 0 Å². The quantitative estimate of drug-likeness (QED) is 0.549. The Morgan fingerprint density at radius 1 is 0.875 bits per heavy atom. The Bertz CT molecular complexity index is 746. The minimum Gasteiger partial charge on any atom is -0.393 e. The zero-order valence-corrected chi connectivity index (χ0v) is 20.9. The average molecular weight is 447 g/mol. The molecule has 6 aliphatic rings. The van der Waals surface area contributed by atoms with Crippen molar-refractivity contribution in [2.75, 3.05) is 6.61 Å². The molecule has 2 N–H and O–H groups in total. The Kier molecular flexibility index (Phi) is 5.01. The maximum Gasteiger partial charge on any atom is 0.171 e. The van der Waals surface area contributed by atoms with Crippen molar-refractivity contribution in [3.05, 3.63) is 0 Å². The second-order valence-electron chi connectivity index (χ2n) is 13.6. The van der Waals surface area contributed by atoms with Crippen molar-refractivity contribution in [2.24, 2.45) is 58.2 Å². The predicted octanol–water partition coefficient (Wildman–Crippen LogP) is 5.01. The highest BCUT2D eigenvalue weighted by atomic mass is 16.7. The predicted molar refractivity (Wildman–Crippen MR) is 124 cm³/mol. The third-order valence-corrected chi connectivity index (χ3v) is 12.4. The molecule has 2 unspecified atom stereocenters. The largest absolute Gasteiger partial charge is 0.393 e. The van der Waals surface area contributed by atoms with E-state index in [1.165, 1.54) is 19.3 Å². The molecule has 4 heteroatoms. The minimum absolute atomic E-state index is 0.0853. The second kappa shape index (κ2) is 7.18. The van der Waals surface area contributed by atoms with Gasteiger partial charge in [-0.2, -0.15) is 0 Å². The number of aliphatic hydroxyl groups excluding tert-OH is 2. The molecule has 6 rings (SSSR count). The zero-order chi connectivity index (χ0) is 22.6. The molecule has 0 aromatic heterocycles. The lowest BCUT2D eigenvalue weighted by molar-refractivity contribution is -0.276. The summed E-state index contributed by atoms with van der Waals surface area (Å²) < 4.78 is 13.3. The summed E-state index contributed by atoms with van der Waals surface area (Å²) in [5.41, 5.74) is 0.176. The summed E-state index contributed by atoms with van der Waals surface area (Å²) in [6.45, 7) is 12.7. The van der Waals surface area contributed by atoms with Crippen LogP contribution in [-0.2, 0) is 9.47 Å². The Morgan fingerprint density at radius 3 is 2.38 bits per heavy atom. The first-order chi connectivity index (χ1) is 15.1. The summed E-state index contributed by atoms with van der Waals surface area (Å²) >= 11 is 0. The van der Waals surface area contributed by atoms with E-state index in [9.17, 15) is 10.2 Å². The topological polar surface area (TPSA) is 58.9 Å². The maximum atomic E-state index is 12.1. The standard InChI is InChI=1S/C28H46O4/c1-15-8-11-28(31-14-15)17(3)24-22(32-28)13-21-20-7-6-18-12-19(29)9-10-26(18,4)23(20)16(2)25(30)27(21,24)5/h15-25,29-30H,6-14H2,1-5H3/t15?,16?,17-,18-,19-,20-,21-,22-,23-,24-,25+,26-,27-,28+/m0/s1. The van der Waals surface area contributed by atoms with E-state index in [4.69, 9.17) is 9.47 Å². The molecule has 2 heterocycles. The zero-order valence-electron chi connectivity index (χ0n) is 20.9. The van der Waals surface area contributed by atoms with Crippen molar-refractivity contribution in [1.82, 2.24) is 0 Å². The average Bonchev–Trinajstić information content (AvgIpc) is 3.20. The van der Waals surface area contributed by atoms with Crippen LogP contribution in [0.3, 0.4) is 0 Å². The third kappa shape index (κ3) is 2.70. The van der Waals surface area contributed by atoms with Crippen molar-refractivity contribution in [1.29, 1.82) is 0 Å². The van der Waals surface area contributed by atoms with Crippen molar-refractivity contribution < 1.29 is 19.7 Å². The normalized spacial score (nSPS) is 64.0. The summed E-state index contributed by atoms with van der Waals surface area (Å²) in [6, 6.07) is 0. The van der Waals surface area contributed by atoms with Crippen LogP contribution < -0.4 is 0 Å². The molecular formula is C28H46O4. The van der Waals surface area contributed by atoms with Gasteiger partial charge in [-0.1, -0.05) is 34.6 Å². The molecule has 6 fully saturated rings. The molecule has 14 atom stereocenters. The van der Waals surface area contributed by atoms with E-state index in [-0.39, 0.29) is 29.1 Å². The lowest BCUT2D eigenvalue weighted by Gasteiger charge is -2.64. The van der Waals surface area contributed by atoms with Gasteiger partial charge >= 0.3 is 0 Å². The van der Waals surface area contributed by atoms with Crippen LogP contribution in [0.1, 0.15) is 86.0 Å². The Hall–Kier alpha value is -0.160. The lowest BCUT2D eigenvalue weighted by Crippen LogP contribution is -2.63. The van der Waals surface area contributed by atoms with Crippen molar-refractivity contribution >= 4 is 0 Å². The number of ether oxygens (including phenoxy) is 2. The summed E-state index contributed by atoms with van der Waals surface area (Å²) in [5.74, 6) is 3.63. The Labute approximate surface area is 194 Å². The smallest absolute Gasteiger partial charge is 0.171 e. The molecular weight excluding hydrogens is 400 g/mol. The van der Waals surface area contributed by atoms with Gasteiger partial charge in [0.25, 0.3) is 0 Å². The van der Waals surface area contributed by atoms with Crippen molar-refractivity contribution in [2.45, 2.75) is 110 Å². The third-order valence-electron chi connectivity index (χ3n) is 12.4. The van der Waals surface area contributed by atoms with Crippen LogP contribution in [0.2, 0.25) is 0 Å². The highest BCUT2D eigenvalue weighted by Gasteiger charge is 2.72. The van der Waals surface area contributed by atoms with Crippen LogP contribution in [0, 0.1) is 58.2 Å². The molecule has 0 aromatic rings. The number of rotatable bonds is 0. The van der Waals surface area contributed by atoms with Crippen molar-refractivity contribution in [3.8, 4) is 0 Å². The van der Waals surface area contributed by atoms with Crippen LogP contribution in [0.5, 0.6) is 0 Å². The van der Waals surface area contributed by atoms with E-state index >= 15 is 0 Å². The van der Waals surface area contributed by atoms with Crippen LogP contribution in [0.25, 0.3) is 0 Å². The molecule has 2 saturated heterocycles. The van der Waals surface area contributed by atoms with Crippen molar-refractivity contribution in [3.63, 3.8) is 0 Å². The SMILES string of the molecule is CC1CC[C@@]2(OC1)O[C@H]1C[C@H]3[C@@H]4CC[C@H]5C[C@@H](O)CC[C@]5(C)[C@H]4C(C)[C@@H](O)[C@]3(C)[C@H]1[C@@H]2C. The highest BCUT2D eigenvalue weighted by molar-refractivity contribution is 5.19. The van der Waals surface area contributed by atoms with Gasteiger partial charge in [-0.15, -0.1) is 0 Å². The summed E-state index contributed by atoms with van der Waals surface area (Å²) in [5, 5.41) is 22.4. The number of aliphatic hydroxyl groups is 2. The van der Waals surface area contributed by atoms with Crippen LogP contribution >= 0.6 is 0 Å². The van der Waals surface area contributed by atoms with Gasteiger partial charge in [-0.05, 0) is 85.9 Å². The minimum atomic E-state index is -0.418. The molecule has 4 saturated carbocycles. The summed E-state index contributed by atoms with van der Waals surface area (Å²) in [7, 11) is 0.